The average molecular weight is 333 g/mol. The highest BCUT2D eigenvalue weighted by Gasteiger charge is 2.19. The van der Waals surface area contributed by atoms with E-state index < -0.39 is 5.97 Å². The number of carbonyl (C=O) groups is 1. The molecule has 0 aliphatic heterocycles. The number of halogens is 1. The molecule has 0 fully saturated rings. The van der Waals surface area contributed by atoms with Crippen molar-refractivity contribution < 1.29 is 18.7 Å². The Balaban J connectivity index is 2.58. The van der Waals surface area contributed by atoms with E-state index in [1.807, 2.05) is 0 Å². The largest absolute Gasteiger partial charge is 0.493 e. The maximum absolute atomic E-state index is 11.5. The average Bonchev–Trinajstić information content (AvgIpc) is 2.99. The zero-order chi connectivity index (χ0) is 17.0. The maximum Gasteiger partial charge on any atom is 0.373 e. The number of nitriles is 2. The Kier molecular flexibility index (Phi) is 4.69. The zero-order valence-corrected chi connectivity index (χ0v) is 12.8. The molecule has 1 heterocycles. The second-order valence-electron chi connectivity index (χ2n) is 4.08. The number of hydrogen-bond donors (Lipinski definition) is 1. The van der Waals surface area contributed by atoms with Crippen LogP contribution in [0, 0.1) is 22.7 Å². The molecule has 1 N–H and O–H groups in total. The summed E-state index contributed by atoms with van der Waals surface area (Å²) in [4.78, 5) is 11.5. The number of esters is 1. The van der Waals surface area contributed by atoms with Gasteiger partial charge in [-0.2, -0.15) is 15.6 Å². The summed E-state index contributed by atoms with van der Waals surface area (Å²) in [6.45, 7) is 0. The van der Waals surface area contributed by atoms with Crippen molar-refractivity contribution in [1.82, 2.24) is 0 Å². The first-order valence-corrected chi connectivity index (χ1v) is 6.45. The topological polar surface area (TPSA) is 121 Å². The molecule has 2 aromatic rings. The van der Waals surface area contributed by atoms with Crippen LogP contribution in [0.1, 0.15) is 10.6 Å². The predicted molar refractivity (Wildman–Crippen MR) is 81.4 cm³/mol. The molecule has 0 amide bonds. The van der Waals surface area contributed by atoms with Gasteiger partial charge in [-0.15, -0.1) is 0 Å². The fourth-order valence-corrected chi connectivity index (χ4v) is 2.12. The van der Waals surface area contributed by atoms with Crippen molar-refractivity contribution in [2.75, 3.05) is 19.6 Å². The molecule has 0 aliphatic carbocycles. The molecule has 1 aromatic carbocycles. The van der Waals surface area contributed by atoms with Crippen LogP contribution < -0.4 is 10.2 Å². The first kappa shape index (κ1) is 16.1. The lowest BCUT2D eigenvalue weighted by molar-refractivity contribution is 0.0567. The third kappa shape index (κ3) is 3.03. The lowest BCUT2D eigenvalue weighted by atomic mass is 10.2. The third-order valence-corrected chi connectivity index (χ3v) is 3.18. The number of ether oxygens (including phenoxy) is 2. The summed E-state index contributed by atoms with van der Waals surface area (Å²) in [7, 11) is 2.61. The van der Waals surface area contributed by atoms with Crippen molar-refractivity contribution in [3.8, 4) is 17.9 Å². The molecule has 0 spiro atoms. The van der Waals surface area contributed by atoms with Gasteiger partial charge in [0.15, 0.2) is 5.75 Å². The van der Waals surface area contributed by atoms with Crippen LogP contribution in [0.3, 0.4) is 0 Å². The monoisotopic (exact) mass is 332 g/mol. The van der Waals surface area contributed by atoms with Gasteiger partial charge in [0.2, 0.25) is 11.5 Å². The van der Waals surface area contributed by atoms with Crippen LogP contribution in [-0.2, 0) is 4.74 Å². The molecule has 9 heteroatoms. The third-order valence-electron chi connectivity index (χ3n) is 2.81. The molecule has 2 rings (SSSR count). The second kappa shape index (κ2) is 6.69. The SMILES string of the molecule is COC(=O)c1cc2c(Cl)c(OC)c(NN=C(C#N)C#N)cc2o1. The van der Waals surface area contributed by atoms with E-state index in [0.29, 0.717) is 5.39 Å². The fraction of sp³-hybridized carbons (Fsp3) is 0.143. The molecule has 0 unspecified atom stereocenters. The molecule has 8 nitrogen and oxygen atoms in total. The minimum atomic E-state index is -0.653. The van der Waals surface area contributed by atoms with Crippen molar-refractivity contribution in [3.05, 3.63) is 22.9 Å². The van der Waals surface area contributed by atoms with Crippen LogP contribution in [-0.4, -0.2) is 25.9 Å². The highest BCUT2D eigenvalue weighted by molar-refractivity contribution is 6.37. The lowest BCUT2D eigenvalue weighted by Gasteiger charge is -2.09. The standard InChI is InChI=1S/C14H9ClN4O4/c1-21-13-9(19-18-7(5-16)6-17)4-10-8(12(13)15)3-11(23-10)14(20)22-2/h3-4,19H,1-2H3. The number of carbonyl (C=O) groups excluding carboxylic acids is 1. The highest BCUT2D eigenvalue weighted by atomic mass is 35.5. The molecule has 0 radical (unpaired) electrons. The number of hydrazone groups is 1. The molecule has 0 bridgehead atoms. The van der Waals surface area contributed by atoms with Gasteiger partial charge >= 0.3 is 5.97 Å². The van der Waals surface area contributed by atoms with Crippen molar-refractivity contribution in [1.29, 1.82) is 10.5 Å². The quantitative estimate of drug-likeness (QED) is 0.519. The molecular weight excluding hydrogens is 324 g/mol. The van der Waals surface area contributed by atoms with Crippen LogP contribution in [0.2, 0.25) is 5.02 Å². The van der Waals surface area contributed by atoms with Gasteiger partial charge in [-0.25, -0.2) is 4.79 Å². The van der Waals surface area contributed by atoms with E-state index in [1.165, 1.54) is 26.4 Å². The number of nitrogens with one attached hydrogen (secondary N) is 1. The first-order valence-electron chi connectivity index (χ1n) is 6.08. The van der Waals surface area contributed by atoms with Gasteiger partial charge in [-0.05, 0) is 0 Å². The Labute approximate surface area is 135 Å². The molecular formula is C14H9ClN4O4. The number of benzene rings is 1. The minimum Gasteiger partial charge on any atom is -0.493 e. The minimum absolute atomic E-state index is 0.0261. The van der Waals surface area contributed by atoms with Gasteiger partial charge in [0.1, 0.15) is 23.4 Å². The number of fused-ring (bicyclic) bond motifs is 1. The predicted octanol–water partition coefficient (Wildman–Crippen LogP) is 2.70. The first-order chi connectivity index (χ1) is 11.0. The summed E-state index contributed by atoms with van der Waals surface area (Å²) in [5, 5.41) is 21.6. The molecule has 116 valence electrons. The van der Waals surface area contributed by atoms with Crippen molar-refractivity contribution in [2.24, 2.45) is 5.10 Å². The van der Waals surface area contributed by atoms with Crippen molar-refractivity contribution in [3.63, 3.8) is 0 Å². The summed E-state index contributed by atoms with van der Waals surface area (Å²) in [6, 6.07) is 6.11. The van der Waals surface area contributed by atoms with E-state index in [4.69, 9.17) is 31.3 Å². The van der Waals surface area contributed by atoms with Gasteiger partial charge in [0.25, 0.3) is 0 Å². The van der Waals surface area contributed by atoms with Gasteiger partial charge in [0.05, 0.1) is 19.2 Å². The van der Waals surface area contributed by atoms with Gasteiger partial charge in [0, 0.05) is 17.5 Å². The second-order valence-corrected chi connectivity index (χ2v) is 4.46. The van der Waals surface area contributed by atoms with E-state index in [-0.39, 0.29) is 33.5 Å². The molecule has 0 saturated carbocycles. The lowest BCUT2D eigenvalue weighted by Crippen LogP contribution is -1.99. The Morgan fingerprint density at radius 2 is 2.04 bits per heavy atom. The van der Waals surface area contributed by atoms with E-state index >= 15 is 0 Å². The van der Waals surface area contributed by atoms with Crippen molar-refractivity contribution in [2.45, 2.75) is 0 Å². The molecule has 23 heavy (non-hydrogen) atoms. The summed E-state index contributed by atoms with van der Waals surface area (Å²) in [5.74, 6) is -0.461. The van der Waals surface area contributed by atoms with Crippen LogP contribution in [0.25, 0.3) is 11.0 Å². The smallest absolute Gasteiger partial charge is 0.373 e. The highest BCUT2D eigenvalue weighted by Crippen LogP contribution is 2.41. The fourth-order valence-electron chi connectivity index (χ4n) is 1.80. The summed E-state index contributed by atoms with van der Waals surface area (Å²) in [5.41, 5.74) is 2.68. The van der Waals surface area contributed by atoms with Crippen LogP contribution in [0.5, 0.6) is 5.75 Å². The van der Waals surface area contributed by atoms with E-state index in [1.54, 1.807) is 12.1 Å². The Morgan fingerprint density at radius 1 is 1.35 bits per heavy atom. The molecule has 0 saturated heterocycles. The van der Waals surface area contributed by atoms with Gasteiger partial charge in [-0.1, -0.05) is 11.6 Å². The molecule has 0 aliphatic rings. The normalized spacial score (nSPS) is 9.61. The Hall–Kier alpha value is -3.23. The number of hydrogen-bond acceptors (Lipinski definition) is 8. The number of anilines is 1. The number of methoxy groups -OCH3 is 2. The molecule has 0 atom stereocenters. The van der Waals surface area contributed by atoms with Gasteiger partial charge < -0.3 is 13.9 Å². The van der Waals surface area contributed by atoms with E-state index in [0.717, 1.165) is 0 Å². The number of furan rings is 1. The summed E-state index contributed by atoms with van der Waals surface area (Å²) < 4.78 is 15.1. The Bertz CT molecular complexity index is 873. The van der Waals surface area contributed by atoms with Crippen LogP contribution in [0.15, 0.2) is 21.7 Å². The van der Waals surface area contributed by atoms with E-state index in [9.17, 15) is 4.79 Å². The van der Waals surface area contributed by atoms with Gasteiger partial charge in [-0.3, -0.25) is 5.43 Å². The summed E-state index contributed by atoms with van der Waals surface area (Å²) in [6.07, 6.45) is 0. The summed E-state index contributed by atoms with van der Waals surface area (Å²) >= 11 is 6.24. The van der Waals surface area contributed by atoms with Crippen LogP contribution in [0.4, 0.5) is 5.69 Å². The number of nitrogens with zero attached hydrogens (tertiary/aromatic N) is 3. The van der Waals surface area contributed by atoms with Crippen molar-refractivity contribution >= 4 is 39.9 Å². The zero-order valence-electron chi connectivity index (χ0n) is 12.0. The number of rotatable bonds is 4. The van der Waals surface area contributed by atoms with Crippen LogP contribution >= 0.6 is 11.6 Å². The Morgan fingerprint density at radius 3 is 2.61 bits per heavy atom. The molecule has 1 aromatic heterocycles. The van der Waals surface area contributed by atoms with E-state index in [2.05, 4.69) is 15.3 Å². The maximum atomic E-state index is 11.5.